The van der Waals surface area contributed by atoms with Crippen molar-refractivity contribution in [2.24, 2.45) is 0 Å². The van der Waals surface area contributed by atoms with E-state index in [0.29, 0.717) is 29.0 Å². The molecule has 2 aromatic carbocycles. The third-order valence-corrected chi connectivity index (χ3v) is 4.81. The van der Waals surface area contributed by atoms with Gasteiger partial charge in [-0.2, -0.15) is 5.26 Å². The monoisotopic (exact) mass is 390 g/mol. The Labute approximate surface area is 166 Å². The van der Waals surface area contributed by atoms with Crippen LogP contribution in [-0.4, -0.2) is 18.5 Å². The van der Waals surface area contributed by atoms with Crippen LogP contribution in [0.25, 0.3) is 0 Å². The molecule has 0 radical (unpaired) electrons. The first-order valence-corrected chi connectivity index (χ1v) is 9.51. The van der Waals surface area contributed by atoms with Crippen molar-refractivity contribution in [2.45, 2.75) is 6.42 Å². The molecule has 0 aliphatic carbocycles. The van der Waals surface area contributed by atoms with Gasteiger partial charge in [0.1, 0.15) is 0 Å². The molecule has 1 heterocycles. The highest BCUT2D eigenvalue weighted by Gasteiger charge is 2.09. The van der Waals surface area contributed by atoms with Crippen molar-refractivity contribution in [3.63, 3.8) is 0 Å². The third-order valence-electron chi connectivity index (χ3n) is 3.87. The Balaban J connectivity index is 1.56. The number of anilines is 2. The first-order valence-electron chi connectivity index (χ1n) is 8.63. The zero-order valence-corrected chi connectivity index (χ0v) is 15.8. The largest absolute Gasteiger partial charge is 0.338 e. The van der Waals surface area contributed by atoms with Gasteiger partial charge in [0.05, 0.1) is 11.6 Å². The van der Waals surface area contributed by atoms with E-state index in [-0.39, 0.29) is 11.9 Å². The quantitative estimate of drug-likeness (QED) is 0.588. The van der Waals surface area contributed by atoms with Crippen molar-refractivity contribution in [1.82, 2.24) is 5.32 Å². The molecule has 28 heavy (non-hydrogen) atoms. The lowest BCUT2D eigenvalue weighted by atomic mass is 10.1. The number of hydrogen-bond acceptors (Lipinski definition) is 4. The molecule has 3 aromatic rings. The highest BCUT2D eigenvalue weighted by Crippen LogP contribution is 2.15. The van der Waals surface area contributed by atoms with Gasteiger partial charge in [-0.05, 0) is 54.3 Å². The van der Waals surface area contributed by atoms with Crippen molar-refractivity contribution in [2.75, 3.05) is 17.2 Å². The third kappa shape index (κ3) is 5.43. The van der Waals surface area contributed by atoms with Crippen molar-refractivity contribution in [3.8, 4) is 6.07 Å². The Kier molecular flexibility index (Phi) is 6.39. The van der Waals surface area contributed by atoms with E-state index in [4.69, 9.17) is 5.26 Å². The maximum atomic E-state index is 12.4. The number of carbonyl (C=O) groups excluding carboxylic acids is 2. The molecule has 3 amide bonds. The summed E-state index contributed by atoms with van der Waals surface area (Å²) in [5, 5.41) is 19.2. The van der Waals surface area contributed by atoms with Crippen LogP contribution < -0.4 is 16.0 Å². The summed E-state index contributed by atoms with van der Waals surface area (Å²) in [6.45, 7) is 0.530. The molecule has 1 aromatic heterocycles. The highest BCUT2D eigenvalue weighted by molar-refractivity contribution is 7.09. The molecular formula is C21H18N4O2S. The van der Waals surface area contributed by atoms with Crippen LogP contribution in [-0.2, 0) is 6.42 Å². The average Bonchev–Trinajstić information content (AvgIpc) is 3.22. The van der Waals surface area contributed by atoms with Gasteiger partial charge in [0.25, 0.3) is 5.91 Å². The van der Waals surface area contributed by atoms with Gasteiger partial charge in [-0.25, -0.2) is 4.79 Å². The Morgan fingerprint density at radius 1 is 0.964 bits per heavy atom. The van der Waals surface area contributed by atoms with Crippen molar-refractivity contribution in [1.29, 1.82) is 5.26 Å². The van der Waals surface area contributed by atoms with E-state index in [2.05, 4.69) is 16.0 Å². The molecule has 0 saturated heterocycles. The van der Waals surface area contributed by atoms with Crippen LogP contribution in [0.1, 0.15) is 20.8 Å². The molecule has 140 valence electrons. The summed E-state index contributed by atoms with van der Waals surface area (Å²) in [6.07, 6.45) is 0.773. The Morgan fingerprint density at radius 3 is 2.50 bits per heavy atom. The van der Waals surface area contributed by atoms with Gasteiger partial charge in [-0.1, -0.05) is 18.2 Å². The zero-order valence-electron chi connectivity index (χ0n) is 14.9. The molecule has 0 atom stereocenters. The highest BCUT2D eigenvalue weighted by atomic mass is 32.1. The number of benzene rings is 2. The Hall–Kier alpha value is -3.63. The van der Waals surface area contributed by atoms with Crippen LogP contribution in [0.2, 0.25) is 0 Å². The van der Waals surface area contributed by atoms with E-state index in [0.717, 1.165) is 6.42 Å². The summed E-state index contributed by atoms with van der Waals surface area (Å²) >= 11 is 1.65. The lowest BCUT2D eigenvalue weighted by Gasteiger charge is -2.09. The van der Waals surface area contributed by atoms with Crippen molar-refractivity contribution >= 4 is 34.6 Å². The number of carbonyl (C=O) groups is 2. The van der Waals surface area contributed by atoms with Gasteiger partial charge in [0.15, 0.2) is 0 Å². The molecule has 7 heteroatoms. The van der Waals surface area contributed by atoms with E-state index in [1.54, 1.807) is 59.9 Å². The molecule has 3 rings (SSSR count). The molecule has 3 N–H and O–H groups in total. The SMILES string of the molecule is N#Cc1cccc(NC(=O)c2cccc(NC(=O)NCCc3cccs3)c2)c1. The van der Waals surface area contributed by atoms with Crippen molar-refractivity contribution < 1.29 is 9.59 Å². The summed E-state index contributed by atoms with van der Waals surface area (Å²) in [5.74, 6) is -0.322. The second-order valence-corrected chi connectivity index (χ2v) is 6.97. The lowest BCUT2D eigenvalue weighted by Crippen LogP contribution is -2.30. The van der Waals surface area contributed by atoms with Crippen LogP contribution in [0.5, 0.6) is 0 Å². The average molecular weight is 390 g/mol. The maximum Gasteiger partial charge on any atom is 0.319 e. The van der Waals surface area contributed by atoms with Gasteiger partial charge < -0.3 is 16.0 Å². The van der Waals surface area contributed by atoms with Crippen molar-refractivity contribution in [3.05, 3.63) is 82.0 Å². The minimum Gasteiger partial charge on any atom is -0.338 e. The van der Waals surface area contributed by atoms with Gasteiger partial charge in [0, 0.05) is 28.4 Å². The number of hydrogen-bond donors (Lipinski definition) is 3. The lowest BCUT2D eigenvalue weighted by molar-refractivity contribution is 0.102. The number of amides is 3. The van der Waals surface area contributed by atoms with Gasteiger partial charge in [-0.3, -0.25) is 4.79 Å². The van der Waals surface area contributed by atoms with Crippen LogP contribution in [0, 0.1) is 11.3 Å². The molecule has 0 saturated carbocycles. The smallest absolute Gasteiger partial charge is 0.319 e. The number of urea groups is 1. The topological polar surface area (TPSA) is 94.0 Å². The van der Waals surface area contributed by atoms with Crippen LogP contribution in [0.3, 0.4) is 0 Å². The van der Waals surface area contributed by atoms with Gasteiger partial charge in [0.2, 0.25) is 0 Å². The summed E-state index contributed by atoms with van der Waals surface area (Å²) in [6, 6.07) is 19.1. The van der Waals surface area contributed by atoms with Gasteiger partial charge in [-0.15, -0.1) is 11.3 Å². The number of thiophene rings is 1. The number of nitrogens with one attached hydrogen (secondary N) is 3. The summed E-state index contributed by atoms with van der Waals surface area (Å²) in [5.41, 5.74) is 1.92. The normalized spacial score (nSPS) is 9.96. The Bertz CT molecular complexity index is 1010. The minimum atomic E-state index is -0.323. The first-order chi connectivity index (χ1) is 13.6. The molecular weight excluding hydrogens is 372 g/mol. The van der Waals surface area contributed by atoms with E-state index in [1.807, 2.05) is 23.6 Å². The van der Waals surface area contributed by atoms with E-state index in [1.165, 1.54) is 4.88 Å². The van der Waals surface area contributed by atoms with E-state index < -0.39 is 0 Å². The minimum absolute atomic E-state index is 0.322. The molecule has 0 bridgehead atoms. The zero-order chi connectivity index (χ0) is 19.8. The molecule has 6 nitrogen and oxygen atoms in total. The summed E-state index contributed by atoms with van der Waals surface area (Å²) < 4.78 is 0. The first kappa shape index (κ1) is 19.1. The standard InChI is InChI=1S/C21H18N4O2S/c22-14-15-4-1-6-17(12-15)24-20(26)16-5-2-7-18(13-16)25-21(27)23-10-9-19-8-3-11-28-19/h1-8,11-13H,9-10H2,(H,24,26)(H2,23,25,27). The Morgan fingerprint density at radius 2 is 1.75 bits per heavy atom. The molecule has 0 unspecified atom stereocenters. The summed E-state index contributed by atoms with van der Waals surface area (Å²) in [7, 11) is 0. The second kappa shape index (κ2) is 9.35. The fourth-order valence-corrected chi connectivity index (χ4v) is 3.25. The van der Waals surface area contributed by atoms with E-state index >= 15 is 0 Å². The van der Waals surface area contributed by atoms with Crippen LogP contribution >= 0.6 is 11.3 Å². The molecule has 0 aliphatic rings. The maximum absolute atomic E-state index is 12.4. The second-order valence-electron chi connectivity index (χ2n) is 5.94. The van der Waals surface area contributed by atoms with Crippen LogP contribution in [0.4, 0.5) is 16.2 Å². The fraction of sp³-hybridized carbons (Fsp3) is 0.0952. The molecule has 0 aliphatic heterocycles. The van der Waals surface area contributed by atoms with E-state index in [9.17, 15) is 9.59 Å². The predicted molar refractivity (Wildman–Crippen MR) is 111 cm³/mol. The number of nitrogens with zero attached hydrogens (tertiary/aromatic N) is 1. The predicted octanol–water partition coefficient (Wildman–Crippen LogP) is 4.24. The van der Waals surface area contributed by atoms with Gasteiger partial charge >= 0.3 is 6.03 Å². The fourth-order valence-electron chi connectivity index (χ4n) is 2.54. The molecule has 0 spiro atoms. The summed E-state index contributed by atoms with van der Waals surface area (Å²) in [4.78, 5) is 25.7. The van der Waals surface area contributed by atoms with Crippen LogP contribution in [0.15, 0.2) is 66.0 Å². The molecule has 0 fully saturated rings. The number of rotatable bonds is 6. The number of nitriles is 1.